The molecule has 0 saturated carbocycles. The summed E-state index contributed by atoms with van der Waals surface area (Å²) in [6.45, 7) is 19.2. The minimum atomic E-state index is -1.81. The van der Waals surface area contributed by atoms with Crippen molar-refractivity contribution in [3.63, 3.8) is 0 Å². The van der Waals surface area contributed by atoms with Gasteiger partial charge in [-0.15, -0.1) is 0 Å². The number of halogens is 3. The maximum Gasteiger partial charge on any atom is -1.00 e. The fourth-order valence-corrected chi connectivity index (χ4v) is 14.4. The predicted octanol–water partition coefficient (Wildman–Crippen LogP) is -2.40. The summed E-state index contributed by atoms with van der Waals surface area (Å²) in [5, 5.41) is 1.65. The summed E-state index contributed by atoms with van der Waals surface area (Å²) in [4.78, 5) is 0. The largest absolute Gasteiger partial charge is 1.00 e. The molecule has 0 atom stereocenters. The van der Waals surface area contributed by atoms with Crippen molar-refractivity contribution in [1.82, 2.24) is 0 Å². The van der Waals surface area contributed by atoms with Crippen LogP contribution in [0, 0.1) is 11.8 Å². The van der Waals surface area contributed by atoms with Crippen LogP contribution in [0.15, 0.2) is 52.6 Å². The van der Waals surface area contributed by atoms with Crippen LogP contribution in [-0.4, -0.2) is 8.07 Å². The van der Waals surface area contributed by atoms with Crippen LogP contribution >= 0.6 is 0 Å². The van der Waals surface area contributed by atoms with Gasteiger partial charge in [0.1, 0.15) is 0 Å². The Labute approximate surface area is 205 Å². The Morgan fingerprint density at radius 1 is 0.750 bits per heavy atom. The number of benzene rings is 1. The fraction of sp³-hybridized carbons (Fsp3) is 0.565. The number of hydrogen-bond acceptors (Lipinski definition) is 0. The summed E-state index contributed by atoms with van der Waals surface area (Å²) in [7, 11) is -1.81. The zero-order valence-corrected chi connectivity index (χ0v) is 23.4. The van der Waals surface area contributed by atoms with Crippen LogP contribution in [-0.2, 0) is 20.4 Å². The first-order valence-corrected chi connectivity index (χ1v) is 12.9. The topological polar surface area (TPSA) is 0 Å². The number of hydrogen-bond donors (Lipinski definition) is 0. The van der Waals surface area contributed by atoms with Crippen LogP contribution in [0.1, 0.15) is 55.4 Å². The summed E-state index contributed by atoms with van der Waals surface area (Å²) in [6.07, 6.45) is 0. The van der Waals surface area contributed by atoms with Gasteiger partial charge in [0.05, 0.1) is 0 Å². The molecule has 0 amide bonds. The van der Waals surface area contributed by atoms with E-state index in [1.807, 2.05) is 0 Å². The maximum absolute atomic E-state index is 2.58. The molecule has 0 unspecified atom stereocenters. The van der Waals surface area contributed by atoms with Crippen LogP contribution < -0.4 is 42.4 Å². The van der Waals surface area contributed by atoms with E-state index >= 15 is 0 Å². The number of allylic oxidation sites excluding steroid dienone is 4. The van der Waals surface area contributed by atoms with Gasteiger partial charge >= 0.3 is 169 Å². The van der Waals surface area contributed by atoms with Gasteiger partial charge in [0, 0.05) is 0 Å². The van der Waals surface area contributed by atoms with Gasteiger partial charge in [-0.3, -0.25) is 0 Å². The molecule has 0 radical (unpaired) electrons. The molecule has 0 heterocycles. The zero-order valence-electron chi connectivity index (χ0n) is 18.6. The molecule has 156 valence electrons. The van der Waals surface area contributed by atoms with Gasteiger partial charge in [-0.25, -0.2) is 0 Å². The molecule has 1 aliphatic carbocycles. The molecule has 0 aliphatic heterocycles. The third-order valence-corrected chi connectivity index (χ3v) is 16.4. The van der Waals surface area contributed by atoms with Gasteiger partial charge < -0.3 is 37.2 Å². The Hall–Kier alpha value is 0.501. The first-order chi connectivity index (χ1) is 11.6. The van der Waals surface area contributed by atoms with Crippen molar-refractivity contribution in [2.45, 2.75) is 70.8 Å². The van der Waals surface area contributed by atoms with E-state index in [2.05, 4.69) is 106 Å². The Morgan fingerprint density at radius 3 is 1.43 bits per heavy atom. The molecule has 28 heavy (non-hydrogen) atoms. The predicted molar refractivity (Wildman–Crippen MR) is 111 cm³/mol. The first kappa shape index (κ1) is 30.7. The molecule has 1 aromatic rings. The van der Waals surface area contributed by atoms with E-state index in [0.29, 0.717) is 0 Å². The average molecular weight is 494 g/mol. The minimum absolute atomic E-state index is 0. The van der Waals surface area contributed by atoms with E-state index in [4.69, 9.17) is 0 Å². The van der Waals surface area contributed by atoms with Gasteiger partial charge in [-0.1, -0.05) is 0 Å². The fourth-order valence-electron chi connectivity index (χ4n) is 5.12. The molecule has 0 spiro atoms. The molecule has 0 bridgehead atoms. The minimum Gasteiger partial charge on any atom is -1.00 e. The van der Waals surface area contributed by atoms with Crippen LogP contribution in [0.25, 0.3) is 0 Å². The van der Waals surface area contributed by atoms with Gasteiger partial charge in [-0.2, -0.15) is 0 Å². The van der Waals surface area contributed by atoms with Crippen LogP contribution in [0.5, 0.6) is 0 Å². The van der Waals surface area contributed by atoms with Crippen molar-refractivity contribution in [3.05, 3.63) is 52.6 Å². The molecule has 0 saturated heterocycles. The second-order valence-electron chi connectivity index (χ2n) is 8.89. The van der Waals surface area contributed by atoms with E-state index in [0.717, 1.165) is 11.8 Å². The molecule has 0 nitrogen and oxygen atoms in total. The van der Waals surface area contributed by atoms with Gasteiger partial charge in [0.25, 0.3) is 0 Å². The average Bonchev–Trinajstić information content (AvgIpc) is 2.70. The summed E-state index contributed by atoms with van der Waals surface area (Å²) in [6, 6.07) is 14.3. The van der Waals surface area contributed by atoms with Crippen molar-refractivity contribution >= 4 is 13.3 Å². The first-order valence-electron chi connectivity index (χ1n) is 9.74. The third-order valence-electron chi connectivity index (χ3n) is 6.37. The molecule has 0 fully saturated rings. The van der Waals surface area contributed by atoms with E-state index in [1.165, 1.54) is 12.1 Å². The van der Waals surface area contributed by atoms with Gasteiger partial charge in [-0.05, 0) is 0 Å². The van der Waals surface area contributed by atoms with Crippen molar-refractivity contribution in [2.24, 2.45) is 11.8 Å². The smallest absolute Gasteiger partial charge is 1.00 e. The third kappa shape index (κ3) is 5.21. The van der Waals surface area contributed by atoms with Crippen LogP contribution in [0.2, 0.25) is 15.4 Å². The second-order valence-corrected chi connectivity index (χ2v) is 15.2. The molecule has 1 aromatic carbocycles. The molecule has 5 heteroatoms. The van der Waals surface area contributed by atoms with E-state index < -0.39 is 8.07 Å². The molecule has 0 aromatic heterocycles. The monoisotopic (exact) mass is 492 g/mol. The summed E-state index contributed by atoms with van der Waals surface area (Å²) in [5.74, 6) is 1.45. The SMILES string of the molecule is CC1=C(C)[C]([Ti+3])([Si](CC(C)C)(CC(C)C)c2ccccc2)C(C)=C1C.[Cl-].[Cl-].[Cl-]. The maximum atomic E-state index is 2.58. The Bertz CT molecular complexity index is 659. The summed E-state index contributed by atoms with van der Waals surface area (Å²) >= 11 is 2.58. The summed E-state index contributed by atoms with van der Waals surface area (Å²) < 4.78 is 0.233. The van der Waals surface area contributed by atoms with Crippen LogP contribution in [0.3, 0.4) is 0 Å². The Balaban J connectivity index is 0. The van der Waals surface area contributed by atoms with E-state index in [-0.39, 0.29) is 40.6 Å². The molecule has 2 rings (SSSR count). The Kier molecular flexibility index (Phi) is 12.9. The molecule has 0 N–H and O–H groups in total. The van der Waals surface area contributed by atoms with E-state index in [1.54, 1.807) is 27.5 Å². The molecule has 1 aliphatic rings. The normalized spacial score (nSPS) is 16.1. The summed E-state index contributed by atoms with van der Waals surface area (Å²) in [5.41, 5.74) is 6.36. The molecular weight excluding hydrogens is 459 g/mol. The van der Waals surface area contributed by atoms with E-state index in [9.17, 15) is 0 Å². The van der Waals surface area contributed by atoms with Gasteiger partial charge in [0.2, 0.25) is 0 Å². The second kappa shape index (κ2) is 11.8. The van der Waals surface area contributed by atoms with Crippen molar-refractivity contribution in [2.75, 3.05) is 0 Å². The molecular formula is C23H35Cl3SiTi. The zero-order chi connectivity index (χ0) is 19.0. The van der Waals surface area contributed by atoms with Crippen molar-refractivity contribution < 1.29 is 57.7 Å². The van der Waals surface area contributed by atoms with Crippen molar-refractivity contribution in [3.8, 4) is 0 Å². The number of rotatable bonds is 6. The quantitative estimate of drug-likeness (QED) is 0.388. The van der Waals surface area contributed by atoms with Crippen molar-refractivity contribution in [1.29, 1.82) is 0 Å². The standard InChI is InChI=1S/C23H35Si.3ClH.Ti/c1-16(2)14-24(15-17(3)4,22-12-10-9-11-13-22)23-20(7)18(5)19(6)21(23)8;;;;/h9-13,16-17H,14-15H2,1-8H3;3*1H;/q;;;;+3/p-3. The van der Waals surface area contributed by atoms with Crippen LogP contribution in [0.4, 0.5) is 0 Å². The van der Waals surface area contributed by atoms with Gasteiger partial charge in [0.15, 0.2) is 0 Å². The Morgan fingerprint density at radius 2 is 1.11 bits per heavy atom.